The van der Waals surface area contributed by atoms with Gasteiger partial charge in [0.05, 0.1) is 5.52 Å². The highest BCUT2D eigenvalue weighted by molar-refractivity contribution is 9.10. The molecule has 3 heteroatoms. The van der Waals surface area contributed by atoms with Gasteiger partial charge in [-0.15, -0.1) is 0 Å². The third-order valence-electron chi connectivity index (χ3n) is 3.77. The largest absolute Gasteiger partial charge is 0.370 e. The molecule has 0 amide bonds. The molecule has 21 heavy (non-hydrogen) atoms. The van der Waals surface area contributed by atoms with E-state index in [2.05, 4.69) is 78.4 Å². The summed E-state index contributed by atoms with van der Waals surface area (Å²) in [6, 6.07) is 12.8. The number of rotatable bonds is 3. The predicted molar refractivity (Wildman–Crippen MR) is 95.2 cm³/mol. The van der Waals surface area contributed by atoms with Gasteiger partial charge in [0.25, 0.3) is 0 Å². The van der Waals surface area contributed by atoms with Crippen LogP contribution in [0, 0.1) is 0 Å². The minimum Gasteiger partial charge on any atom is -0.370 e. The molecule has 0 unspecified atom stereocenters. The van der Waals surface area contributed by atoms with Crippen molar-refractivity contribution >= 4 is 43.4 Å². The second kappa shape index (κ2) is 5.64. The zero-order chi connectivity index (χ0) is 15.0. The Morgan fingerprint density at radius 2 is 1.86 bits per heavy atom. The van der Waals surface area contributed by atoms with Crippen molar-refractivity contribution in [2.45, 2.75) is 26.7 Å². The maximum absolute atomic E-state index is 4.92. The molecule has 0 saturated carbocycles. The van der Waals surface area contributed by atoms with Crippen LogP contribution in [0.1, 0.15) is 32.3 Å². The van der Waals surface area contributed by atoms with E-state index in [4.69, 9.17) is 4.98 Å². The zero-order valence-electron chi connectivity index (χ0n) is 12.6. The Bertz CT molecular complexity index is 809. The smallest absolute Gasteiger partial charge is 0.130 e. The third kappa shape index (κ3) is 2.51. The Morgan fingerprint density at radius 3 is 2.52 bits per heavy atom. The SMILES string of the molecule is CCNc1nc2c(cc1C(C)C)cc(Br)c1ccccc12. The molecule has 0 fully saturated rings. The molecular formula is C18H19BrN2. The zero-order valence-corrected chi connectivity index (χ0v) is 14.2. The van der Waals surface area contributed by atoms with Gasteiger partial charge in [-0.05, 0) is 35.9 Å². The molecule has 0 radical (unpaired) electrons. The molecule has 0 bridgehead atoms. The van der Waals surface area contributed by atoms with Crippen molar-refractivity contribution in [2.24, 2.45) is 0 Å². The summed E-state index contributed by atoms with van der Waals surface area (Å²) in [4.78, 5) is 4.92. The van der Waals surface area contributed by atoms with E-state index in [9.17, 15) is 0 Å². The minimum atomic E-state index is 0.446. The maximum Gasteiger partial charge on any atom is 0.130 e. The first-order valence-electron chi connectivity index (χ1n) is 7.37. The van der Waals surface area contributed by atoms with Crippen molar-refractivity contribution in [3.63, 3.8) is 0 Å². The lowest BCUT2D eigenvalue weighted by molar-refractivity contribution is 0.862. The summed E-state index contributed by atoms with van der Waals surface area (Å²) in [6.07, 6.45) is 0. The molecule has 0 aliphatic heterocycles. The van der Waals surface area contributed by atoms with E-state index >= 15 is 0 Å². The number of anilines is 1. The molecule has 3 aromatic rings. The van der Waals surface area contributed by atoms with Gasteiger partial charge in [-0.3, -0.25) is 0 Å². The van der Waals surface area contributed by atoms with Gasteiger partial charge in [0.2, 0.25) is 0 Å². The number of fused-ring (bicyclic) bond motifs is 3. The number of nitrogens with zero attached hydrogens (tertiary/aromatic N) is 1. The number of halogens is 1. The molecule has 0 aliphatic carbocycles. The first-order chi connectivity index (χ1) is 10.1. The van der Waals surface area contributed by atoms with Crippen LogP contribution in [-0.2, 0) is 0 Å². The Hall–Kier alpha value is -1.61. The van der Waals surface area contributed by atoms with E-state index in [1.165, 1.54) is 21.7 Å². The second-order valence-electron chi connectivity index (χ2n) is 5.59. The number of hydrogen-bond donors (Lipinski definition) is 1. The Kier molecular flexibility index (Phi) is 3.85. The lowest BCUT2D eigenvalue weighted by Crippen LogP contribution is -2.05. The van der Waals surface area contributed by atoms with Crippen LogP contribution in [-0.4, -0.2) is 11.5 Å². The van der Waals surface area contributed by atoms with E-state index in [-0.39, 0.29) is 0 Å². The molecule has 1 heterocycles. The highest BCUT2D eigenvalue weighted by Gasteiger charge is 2.12. The number of benzene rings is 2. The van der Waals surface area contributed by atoms with Gasteiger partial charge in [0.1, 0.15) is 5.82 Å². The average Bonchev–Trinajstić information content (AvgIpc) is 2.48. The lowest BCUT2D eigenvalue weighted by atomic mass is 9.99. The fourth-order valence-corrected chi connectivity index (χ4v) is 3.32. The first-order valence-corrected chi connectivity index (χ1v) is 8.17. The summed E-state index contributed by atoms with van der Waals surface area (Å²) in [6.45, 7) is 7.40. The van der Waals surface area contributed by atoms with Gasteiger partial charge < -0.3 is 5.32 Å². The molecular weight excluding hydrogens is 324 g/mol. The third-order valence-corrected chi connectivity index (χ3v) is 4.43. The predicted octanol–water partition coefficient (Wildman–Crippen LogP) is 5.71. The molecule has 2 aromatic carbocycles. The van der Waals surface area contributed by atoms with Gasteiger partial charge in [-0.25, -0.2) is 4.98 Å². The van der Waals surface area contributed by atoms with Crippen LogP contribution in [0.3, 0.4) is 0 Å². The van der Waals surface area contributed by atoms with E-state index in [0.717, 1.165) is 22.4 Å². The summed E-state index contributed by atoms with van der Waals surface area (Å²) in [5, 5.41) is 6.99. The standard InChI is InChI=1S/C18H19BrN2/c1-4-20-18-15(11(2)3)9-12-10-16(19)13-7-5-6-8-14(13)17(12)21-18/h5-11H,4H2,1-3H3,(H,20,21). The molecule has 108 valence electrons. The van der Waals surface area contributed by atoms with Crippen LogP contribution < -0.4 is 5.32 Å². The van der Waals surface area contributed by atoms with Gasteiger partial charge in [-0.2, -0.15) is 0 Å². The highest BCUT2D eigenvalue weighted by Crippen LogP contribution is 2.34. The molecule has 3 rings (SSSR count). The Morgan fingerprint density at radius 1 is 1.14 bits per heavy atom. The van der Waals surface area contributed by atoms with Crippen LogP contribution in [0.5, 0.6) is 0 Å². The van der Waals surface area contributed by atoms with Crippen molar-refractivity contribution in [3.8, 4) is 0 Å². The molecule has 2 nitrogen and oxygen atoms in total. The number of aromatic nitrogens is 1. The molecule has 1 aromatic heterocycles. The van der Waals surface area contributed by atoms with Crippen LogP contribution in [0.25, 0.3) is 21.7 Å². The van der Waals surface area contributed by atoms with Crippen molar-refractivity contribution in [1.29, 1.82) is 0 Å². The van der Waals surface area contributed by atoms with Gasteiger partial charge in [0, 0.05) is 21.8 Å². The Balaban J connectivity index is 2.40. The number of hydrogen-bond acceptors (Lipinski definition) is 2. The molecule has 0 aliphatic rings. The van der Waals surface area contributed by atoms with E-state index in [0.29, 0.717) is 5.92 Å². The summed E-state index contributed by atoms with van der Waals surface area (Å²) in [5.74, 6) is 1.45. The van der Waals surface area contributed by atoms with Gasteiger partial charge in [-0.1, -0.05) is 54.0 Å². The van der Waals surface area contributed by atoms with Crippen molar-refractivity contribution in [1.82, 2.24) is 4.98 Å². The Labute approximate surface area is 133 Å². The van der Waals surface area contributed by atoms with E-state index < -0.39 is 0 Å². The van der Waals surface area contributed by atoms with Crippen LogP contribution in [0.4, 0.5) is 5.82 Å². The summed E-state index contributed by atoms with van der Waals surface area (Å²) in [7, 11) is 0. The van der Waals surface area contributed by atoms with Crippen molar-refractivity contribution in [2.75, 3.05) is 11.9 Å². The summed E-state index contributed by atoms with van der Waals surface area (Å²) in [5.41, 5.74) is 2.33. The summed E-state index contributed by atoms with van der Waals surface area (Å²) >= 11 is 3.69. The van der Waals surface area contributed by atoms with Gasteiger partial charge >= 0.3 is 0 Å². The van der Waals surface area contributed by atoms with Crippen molar-refractivity contribution < 1.29 is 0 Å². The van der Waals surface area contributed by atoms with E-state index in [1.54, 1.807) is 0 Å². The molecule has 0 atom stereocenters. The lowest BCUT2D eigenvalue weighted by Gasteiger charge is -2.15. The molecule has 1 N–H and O–H groups in total. The van der Waals surface area contributed by atoms with Crippen LogP contribution in [0.15, 0.2) is 40.9 Å². The van der Waals surface area contributed by atoms with Crippen LogP contribution in [0.2, 0.25) is 0 Å². The monoisotopic (exact) mass is 342 g/mol. The number of pyridine rings is 1. The fraction of sp³-hybridized carbons (Fsp3) is 0.278. The first kappa shape index (κ1) is 14.3. The second-order valence-corrected chi connectivity index (χ2v) is 6.44. The highest BCUT2D eigenvalue weighted by atomic mass is 79.9. The summed E-state index contributed by atoms with van der Waals surface area (Å²) < 4.78 is 1.12. The van der Waals surface area contributed by atoms with Crippen LogP contribution >= 0.6 is 15.9 Å². The van der Waals surface area contributed by atoms with Gasteiger partial charge in [0.15, 0.2) is 0 Å². The van der Waals surface area contributed by atoms with Crippen molar-refractivity contribution in [3.05, 3.63) is 46.4 Å². The number of nitrogens with one attached hydrogen (secondary N) is 1. The minimum absolute atomic E-state index is 0.446. The average molecular weight is 343 g/mol. The topological polar surface area (TPSA) is 24.9 Å². The normalized spacial score (nSPS) is 11.5. The quantitative estimate of drug-likeness (QED) is 0.617. The molecule has 0 saturated heterocycles. The maximum atomic E-state index is 4.92. The molecule has 0 spiro atoms. The van der Waals surface area contributed by atoms with E-state index in [1.807, 2.05) is 0 Å². The fourth-order valence-electron chi connectivity index (χ4n) is 2.73.